The van der Waals surface area contributed by atoms with Crippen molar-refractivity contribution in [2.45, 2.75) is 18.1 Å². The highest BCUT2D eigenvalue weighted by atomic mass is 35.5. The van der Waals surface area contributed by atoms with Crippen molar-refractivity contribution in [2.24, 2.45) is 11.8 Å². The van der Waals surface area contributed by atoms with Gasteiger partial charge in [0.25, 0.3) is 0 Å². The van der Waals surface area contributed by atoms with Crippen LogP contribution in [-0.4, -0.2) is 46.5 Å². The number of aromatic nitrogens is 1. The van der Waals surface area contributed by atoms with Gasteiger partial charge in [-0.25, -0.2) is 0 Å². The van der Waals surface area contributed by atoms with Crippen LogP contribution in [0.25, 0.3) is 10.9 Å². The number of carbonyl (C=O) groups is 2. The number of hydrogen-bond acceptors (Lipinski definition) is 3. The van der Waals surface area contributed by atoms with E-state index in [1.54, 1.807) is 12.1 Å². The smallest absolute Gasteiger partial charge is 0.231 e. The fourth-order valence-corrected chi connectivity index (χ4v) is 5.62. The highest BCUT2D eigenvalue weighted by Gasteiger charge is 2.66. The number of hydrogen-bond donors (Lipinski definition) is 2. The summed E-state index contributed by atoms with van der Waals surface area (Å²) in [5.41, 5.74) is 2.09. The number of anilines is 1. The predicted molar refractivity (Wildman–Crippen MR) is 122 cm³/mol. The second-order valence-corrected chi connectivity index (χ2v) is 9.15. The molecule has 0 aliphatic carbocycles. The van der Waals surface area contributed by atoms with Crippen LogP contribution >= 0.6 is 11.6 Å². The molecule has 2 saturated heterocycles. The van der Waals surface area contributed by atoms with Gasteiger partial charge in [0.1, 0.15) is 5.60 Å². The number of nitrogens with zero attached hydrogens (tertiary/aromatic N) is 1. The molecule has 162 valence electrons. The van der Waals surface area contributed by atoms with Crippen LogP contribution in [0.2, 0.25) is 5.02 Å². The highest BCUT2D eigenvalue weighted by Crippen LogP contribution is 2.52. The zero-order valence-electron chi connectivity index (χ0n) is 17.3. The maximum Gasteiger partial charge on any atom is 0.231 e. The summed E-state index contributed by atoms with van der Waals surface area (Å²) in [6.07, 6.45) is 6.26. The fourth-order valence-electron chi connectivity index (χ4n) is 5.44. The van der Waals surface area contributed by atoms with Crippen LogP contribution in [0.4, 0.5) is 5.69 Å². The molecule has 6 rings (SSSR count). The van der Waals surface area contributed by atoms with Crippen molar-refractivity contribution in [3.8, 4) is 0 Å². The molecule has 4 heterocycles. The molecule has 7 heteroatoms. The van der Waals surface area contributed by atoms with E-state index in [-0.39, 0.29) is 17.9 Å². The molecule has 2 fully saturated rings. The van der Waals surface area contributed by atoms with Gasteiger partial charge in [-0.05, 0) is 30.2 Å². The van der Waals surface area contributed by atoms with E-state index in [1.165, 1.54) is 10.9 Å². The van der Waals surface area contributed by atoms with Gasteiger partial charge in [0.05, 0.1) is 35.2 Å². The SMILES string of the molecule is O=C(Nc1ccccc1Cl)[C@H]1[C@H]2C(=O)N(CCc3c[nH]c4ccccc34)C[C@@]23C=C[C@H]1O3. The van der Waals surface area contributed by atoms with Crippen molar-refractivity contribution in [1.82, 2.24) is 9.88 Å². The molecule has 2 N–H and O–H groups in total. The molecule has 32 heavy (non-hydrogen) atoms. The molecule has 1 spiro atoms. The Morgan fingerprint density at radius 1 is 1.22 bits per heavy atom. The molecule has 3 aromatic rings. The van der Waals surface area contributed by atoms with Crippen LogP contribution in [0.5, 0.6) is 0 Å². The number of carbonyl (C=O) groups excluding carboxylic acids is 2. The Morgan fingerprint density at radius 3 is 2.91 bits per heavy atom. The van der Waals surface area contributed by atoms with Crippen LogP contribution in [0.1, 0.15) is 5.56 Å². The van der Waals surface area contributed by atoms with Gasteiger partial charge in [-0.3, -0.25) is 9.59 Å². The molecule has 3 aliphatic heterocycles. The number of ether oxygens (including phenoxy) is 1. The quantitative estimate of drug-likeness (QED) is 0.584. The van der Waals surface area contributed by atoms with E-state index in [4.69, 9.17) is 16.3 Å². The lowest BCUT2D eigenvalue weighted by atomic mass is 9.77. The number of para-hydroxylation sites is 2. The van der Waals surface area contributed by atoms with Crippen molar-refractivity contribution in [2.75, 3.05) is 18.4 Å². The third kappa shape index (κ3) is 2.90. The Balaban J connectivity index is 1.21. The zero-order chi connectivity index (χ0) is 21.9. The number of likely N-dealkylation sites (tertiary alicyclic amines) is 1. The lowest BCUT2D eigenvalue weighted by Gasteiger charge is -2.23. The van der Waals surface area contributed by atoms with Crippen LogP contribution in [0, 0.1) is 11.8 Å². The minimum absolute atomic E-state index is 0.0176. The van der Waals surface area contributed by atoms with Gasteiger partial charge in [0.2, 0.25) is 11.8 Å². The summed E-state index contributed by atoms with van der Waals surface area (Å²) in [5.74, 6) is -1.33. The molecule has 6 nitrogen and oxygen atoms in total. The first-order valence-electron chi connectivity index (χ1n) is 10.8. The number of amides is 2. The number of fused-ring (bicyclic) bond motifs is 2. The van der Waals surface area contributed by atoms with Crippen molar-refractivity contribution in [3.05, 3.63) is 77.5 Å². The van der Waals surface area contributed by atoms with E-state index < -0.39 is 17.4 Å². The highest BCUT2D eigenvalue weighted by molar-refractivity contribution is 6.33. The summed E-state index contributed by atoms with van der Waals surface area (Å²) >= 11 is 6.21. The largest absolute Gasteiger partial charge is 0.361 e. The average molecular weight is 448 g/mol. The monoisotopic (exact) mass is 447 g/mol. The standard InChI is InChI=1S/C25H22ClN3O3/c26-17-6-2-4-8-19(17)28-23(30)21-20-9-11-25(32-20)14-29(24(31)22(21)25)12-10-15-13-27-18-7-3-1-5-16(15)18/h1-9,11,13,20-22,27H,10,12,14H2,(H,28,30)/t20-,21-,22+,25+/m1/s1. The molecule has 2 amide bonds. The summed E-state index contributed by atoms with van der Waals surface area (Å²) in [6.45, 7) is 1.06. The first-order valence-corrected chi connectivity index (χ1v) is 11.2. The Morgan fingerprint density at radius 2 is 2.03 bits per heavy atom. The average Bonchev–Trinajstić information content (AvgIpc) is 3.54. The van der Waals surface area contributed by atoms with E-state index in [0.29, 0.717) is 23.8 Å². The molecule has 4 atom stereocenters. The number of nitrogens with one attached hydrogen (secondary N) is 2. The molecule has 2 bridgehead atoms. The topological polar surface area (TPSA) is 74.4 Å². The Bertz CT molecular complexity index is 1270. The van der Waals surface area contributed by atoms with Gasteiger partial charge in [-0.15, -0.1) is 0 Å². The third-order valence-electron chi connectivity index (χ3n) is 6.94. The van der Waals surface area contributed by atoms with Gasteiger partial charge < -0.3 is 19.9 Å². The first kappa shape index (κ1) is 19.6. The summed E-state index contributed by atoms with van der Waals surface area (Å²) in [7, 11) is 0. The lowest BCUT2D eigenvalue weighted by Crippen LogP contribution is -2.41. The number of H-pyrrole nitrogens is 1. The molecular formula is C25H22ClN3O3. The normalized spacial score (nSPS) is 28.0. The number of benzene rings is 2. The van der Waals surface area contributed by atoms with Crippen LogP contribution in [-0.2, 0) is 20.7 Å². The van der Waals surface area contributed by atoms with Crippen LogP contribution < -0.4 is 5.32 Å². The fraction of sp³-hybridized carbons (Fsp3) is 0.280. The van der Waals surface area contributed by atoms with Crippen LogP contribution in [0.3, 0.4) is 0 Å². The molecule has 2 aromatic carbocycles. The minimum atomic E-state index is -0.718. The van der Waals surface area contributed by atoms with Crippen molar-refractivity contribution < 1.29 is 14.3 Å². The first-order chi connectivity index (χ1) is 15.6. The second kappa shape index (κ2) is 7.22. The molecule has 3 aliphatic rings. The maximum atomic E-state index is 13.4. The summed E-state index contributed by atoms with van der Waals surface area (Å²) in [5, 5.41) is 4.54. The summed E-state index contributed by atoms with van der Waals surface area (Å²) in [6, 6.07) is 15.2. The summed E-state index contributed by atoms with van der Waals surface area (Å²) in [4.78, 5) is 31.7. The van der Waals surface area contributed by atoms with Gasteiger partial charge in [-0.1, -0.05) is 54.1 Å². The van der Waals surface area contributed by atoms with Gasteiger partial charge in [0.15, 0.2) is 0 Å². The van der Waals surface area contributed by atoms with Crippen molar-refractivity contribution in [3.63, 3.8) is 0 Å². The molecule has 0 radical (unpaired) electrons. The number of aromatic amines is 1. The Hall–Kier alpha value is -3.09. The molecule has 0 unspecified atom stereocenters. The zero-order valence-corrected chi connectivity index (χ0v) is 18.0. The summed E-state index contributed by atoms with van der Waals surface area (Å²) < 4.78 is 6.22. The maximum absolute atomic E-state index is 13.4. The molecule has 0 saturated carbocycles. The Labute approximate surface area is 190 Å². The van der Waals surface area contributed by atoms with Gasteiger partial charge in [0, 0.05) is 23.6 Å². The van der Waals surface area contributed by atoms with Gasteiger partial charge >= 0.3 is 0 Å². The lowest BCUT2D eigenvalue weighted by molar-refractivity contribution is -0.135. The predicted octanol–water partition coefficient (Wildman–Crippen LogP) is 3.78. The second-order valence-electron chi connectivity index (χ2n) is 8.74. The van der Waals surface area contributed by atoms with Gasteiger partial charge in [-0.2, -0.15) is 0 Å². The third-order valence-corrected chi connectivity index (χ3v) is 7.27. The van der Waals surface area contributed by atoms with E-state index in [9.17, 15) is 9.59 Å². The Kier molecular flexibility index (Phi) is 4.42. The van der Waals surface area contributed by atoms with E-state index >= 15 is 0 Å². The van der Waals surface area contributed by atoms with Crippen molar-refractivity contribution in [1.29, 1.82) is 0 Å². The van der Waals surface area contributed by atoms with E-state index in [0.717, 1.165) is 11.9 Å². The molecule has 1 aromatic heterocycles. The number of rotatable bonds is 5. The van der Waals surface area contributed by atoms with Crippen LogP contribution in [0.15, 0.2) is 66.9 Å². The molecular weight excluding hydrogens is 426 g/mol. The van der Waals surface area contributed by atoms with E-state index in [2.05, 4.69) is 16.4 Å². The van der Waals surface area contributed by atoms with Crippen molar-refractivity contribution >= 4 is 40.0 Å². The van der Waals surface area contributed by atoms with E-state index in [1.807, 2.05) is 53.6 Å². The minimum Gasteiger partial charge on any atom is -0.361 e. The number of halogens is 1.